The summed E-state index contributed by atoms with van der Waals surface area (Å²) in [4.78, 5) is 30.2. The molecule has 0 atom stereocenters. The first-order valence-corrected chi connectivity index (χ1v) is 6.74. The lowest BCUT2D eigenvalue weighted by Crippen LogP contribution is -2.08. The van der Waals surface area contributed by atoms with Gasteiger partial charge in [0.2, 0.25) is 0 Å². The smallest absolute Gasteiger partial charge is 0.247 e. The van der Waals surface area contributed by atoms with E-state index in [1.807, 2.05) is 0 Å². The number of unbranched alkanes of at least 4 members (excludes halogenated alkanes) is 7. The molecule has 0 bridgehead atoms. The summed E-state index contributed by atoms with van der Waals surface area (Å²) >= 11 is 0. The van der Waals surface area contributed by atoms with Crippen LogP contribution in [0.2, 0.25) is 0 Å². The highest BCUT2D eigenvalue weighted by Crippen LogP contribution is 2.09. The van der Waals surface area contributed by atoms with Gasteiger partial charge in [0.25, 0.3) is 0 Å². The number of hydrogen-bond acceptors (Lipinski definition) is 4. The quantitative estimate of drug-likeness (QED) is 0.259. The van der Waals surface area contributed by atoms with Gasteiger partial charge in [0, 0.05) is 6.08 Å². The van der Waals surface area contributed by atoms with Crippen LogP contribution < -0.4 is 0 Å². The van der Waals surface area contributed by atoms with Crippen LogP contribution in [0.4, 0.5) is 0 Å². The normalized spacial score (nSPS) is 9.83. The van der Waals surface area contributed by atoms with E-state index in [1.54, 1.807) is 0 Å². The van der Waals surface area contributed by atoms with Crippen molar-refractivity contribution in [3.05, 3.63) is 12.7 Å². The average molecular weight is 256 g/mol. The molecule has 0 saturated carbocycles. The molecular formula is C14H24O4. The van der Waals surface area contributed by atoms with E-state index in [4.69, 9.17) is 0 Å². The Morgan fingerprint density at radius 3 is 2.06 bits per heavy atom. The van der Waals surface area contributed by atoms with E-state index >= 15 is 0 Å². The van der Waals surface area contributed by atoms with E-state index in [2.05, 4.69) is 23.3 Å². The Morgan fingerprint density at radius 2 is 1.50 bits per heavy atom. The van der Waals surface area contributed by atoms with Crippen LogP contribution in [0.15, 0.2) is 12.7 Å². The molecule has 0 saturated heterocycles. The zero-order valence-electron chi connectivity index (χ0n) is 11.3. The molecule has 0 radical (unpaired) electrons. The largest absolute Gasteiger partial charge is 0.378 e. The Hall–Kier alpha value is -1.32. The maximum absolute atomic E-state index is 11.1. The first-order chi connectivity index (χ1) is 8.70. The van der Waals surface area contributed by atoms with Crippen LogP contribution >= 0.6 is 0 Å². The van der Waals surface area contributed by atoms with Crippen molar-refractivity contribution in [2.45, 2.75) is 64.7 Å². The summed E-state index contributed by atoms with van der Waals surface area (Å²) < 4.78 is 0. The lowest BCUT2D eigenvalue weighted by Gasteiger charge is -2.02. The molecule has 4 heteroatoms. The van der Waals surface area contributed by atoms with E-state index in [1.165, 1.54) is 32.1 Å². The molecular weight excluding hydrogens is 232 g/mol. The van der Waals surface area contributed by atoms with Crippen molar-refractivity contribution in [3.63, 3.8) is 0 Å². The maximum Gasteiger partial charge on any atom is 0.378 e. The molecule has 0 aromatic heterocycles. The van der Waals surface area contributed by atoms with Gasteiger partial charge < -0.3 is 0 Å². The molecule has 0 fully saturated rings. The first-order valence-electron chi connectivity index (χ1n) is 6.74. The summed E-state index contributed by atoms with van der Waals surface area (Å²) in [5, 5.41) is 0. The van der Waals surface area contributed by atoms with Gasteiger partial charge in [-0.15, -0.1) is 0 Å². The topological polar surface area (TPSA) is 52.6 Å². The molecule has 0 aromatic carbocycles. The Labute approximate surface area is 109 Å². The lowest BCUT2D eigenvalue weighted by molar-refractivity contribution is -0.254. The van der Waals surface area contributed by atoms with E-state index < -0.39 is 11.9 Å². The highest BCUT2D eigenvalue weighted by atomic mass is 17.2. The monoisotopic (exact) mass is 256 g/mol. The predicted molar refractivity (Wildman–Crippen MR) is 69.6 cm³/mol. The van der Waals surface area contributed by atoms with Crippen LogP contribution in [-0.4, -0.2) is 11.9 Å². The van der Waals surface area contributed by atoms with E-state index in [0.717, 1.165) is 25.3 Å². The SMILES string of the molecule is C=CC(=O)OOC(=O)CCCCCCCCCC. The van der Waals surface area contributed by atoms with Gasteiger partial charge in [-0.3, -0.25) is 0 Å². The van der Waals surface area contributed by atoms with Crippen LogP contribution in [-0.2, 0) is 19.4 Å². The minimum atomic E-state index is -0.751. The molecule has 0 heterocycles. The number of carbonyl (C=O) groups excluding carboxylic acids is 2. The fourth-order valence-electron chi connectivity index (χ4n) is 1.57. The molecule has 4 nitrogen and oxygen atoms in total. The van der Waals surface area contributed by atoms with Crippen LogP contribution in [0, 0.1) is 0 Å². The van der Waals surface area contributed by atoms with Crippen LogP contribution in [0.5, 0.6) is 0 Å². The van der Waals surface area contributed by atoms with Crippen LogP contribution in [0.25, 0.3) is 0 Å². The summed E-state index contributed by atoms with van der Waals surface area (Å²) in [6.07, 6.45) is 10.5. The second-order valence-electron chi connectivity index (χ2n) is 4.29. The standard InChI is InChI=1S/C14H24O4/c1-3-5-6-7-8-9-10-11-12-14(16)18-17-13(15)4-2/h4H,2-3,5-12H2,1H3. The molecule has 0 unspecified atom stereocenters. The van der Waals surface area contributed by atoms with Gasteiger partial charge in [-0.2, -0.15) is 0 Å². The second kappa shape index (κ2) is 12.1. The second-order valence-corrected chi connectivity index (χ2v) is 4.29. The summed E-state index contributed by atoms with van der Waals surface area (Å²) in [6, 6.07) is 0. The van der Waals surface area contributed by atoms with Gasteiger partial charge in [-0.25, -0.2) is 19.4 Å². The fourth-order valence-corrected chi connectivity index (χ4v) is 1.57. The summed E-state index contributed by atoms with van der Waals surface area (Å²) in [6.45, 7) is 5.39. The summed E-state index contributed by atoms with van der Waals surface area (Å²) in [5.74, 6) is -1.25. The molecule has 0 spiro atoms. The van der Waals surface area contributed by atoms with Gasteiger partial charge in [0.15, 0.2) is 0 Å². The molecule has 18 heavy (non-hydrogen) atoms. The minimum absolute atomic E-state index is 0.291. The molecule has 0 aliphatic rings. The molecule has 0 rings (SSSR count). The van der Waals surface area contributed by atoms with Gasteiger partial charge in [-0.1, -0.05) is 58.4 Å². The Balaban J connectivity index is 3.25. The average Bonchev–Trinajstić information content (AvgIpc) is 2.39. The first kappa shape index (κ1) is 16.7. The maximum atomic E-state index is 11.1. The number of rotatable bonds is 10. The summed E-state index contributed by atoms with van der Waals surface area (Å²) in [5.41, 5.74) is 0. The molecule has 0 aliphatic heterocycles. The van der Waals surface area contributed by atoms with Crippen LogP contribution in [0.3, 0.4) is 0 Å². The van der Waals surface area contributed by atoms with Crippen molar-refractivity contribution in [2.24, 2.45) is 0 Å². The van der Waals surface area contributed by atoms with Crippen molar-refractivity contribution in [2.75, 3.05) is 0 Å². The number of carbonyl (C=O) groups is 2. The molecule has 0 aliphatic carbocycles. The highest BCUT2D eigenvalue weighted by molar-refractivity contribution is 5.81. The van der Waals surface area contributed by atoms with E-state index in [9.17, 15) is 9.59 Å². The van der Waals surface area contributed by atoms with Gasteiger partial charge >= 0.3 is 11.9 Å². The number of hydrogen-bond donors (Lipinski definition) is 0. The highest BCUT2D eigenvalue weighted by Gasteiger charge is 2.06. The zero-order valence-corrected chi connectivity index (χ0v) is 11.3. The van der Waals surface area contributed by atoms with Gasteiger partial charge in [0.05, 0.1) is 6.42 Å². The Kier molecular flexibility index (Phi) is 11.3. The van der Waals surface area contributed by atoms with Crippen molar-refractivity contribution in [1.82, 2.24) is 0 Å². The minimum Gasteiger partial charge on any atom is -0.247 e. The third-order valence-electron chi connectivity index (χ3n) is 2.62. The fraction of sp³-hybridized carbons (Fsp3) is 0.714. The summed E-state index contributed by atoms with van der Waals surface area (Å²) in [7, 11) is 0. The van der Waals surface area contributed by atoms with E-state index in [-0.39, 0.29) is 0 Å². The van der Waals surface area contributed by atoms with Gasteiger partial charge in [-0.05, 0) is 6.42 Å². The Bertz CT molecular complexity index is 248. The third kappa shape index (κ3) is 11.2. The zero-order chi connectivity index (χ0) is 13.6. The van der Waals surface area contributed by atoms with E-state index in [0.29, 0.717) is 6.42 Å². The predicted octanol–water partition coefficient (Wildman–Crippen LogP) is 3.70. The van der Waals surface area contributed by atoms with Crippen LogP contribution in [0.1, 0.15) is 64.7 Å². The lowest BCUT2D eigenvalue weighted by atomic mass is 10.1. The van der Waals surface area contributed by atoms with Crippen molar-refractivity contribution < 1.29 is 19.4 Å². The Morgan fingerprint density at radius 1 is 0.944 bits per heavy atom. The van der Waals surface area contributed by atoms with Gasteiger partial charge in [0.1, 0.15) is 0 Å². The van der Waals surface area contributed by atoms with Crippen molar-refractivity contribution in [3.8, 4) is 0 Å². The molecule has 0 amide bonds. The molecule has 0 aromatic rings. The molecule has 0 N–H and O–H groups in total. The molecule has 104 valence electrons. The van der Waals surface area contributed by atoms with Crippen molar-refractivity contribution in [1.29, 1.82) is 0 Å². The third-order valence-corrected chi connectivity index (χ3v) is 2.62. The van der Waals surface area contributed by atoms with Crippen molar-refractivity contribution >= 4 is 11.9 Å².